The lowest BCUT2D eigenvalue weighted by molar-refractivity contribution is -0.120. The molecule has 0 saturated carbocycles. The van der Waals surface area contributed by atoms with Crippen molar-refractivity contribution in [2.75, 3.05) is 0 Å². The molecule has 0 bridgehead atoms. The summed E-state index contributed by atoms with van der Waals surface area (Å²) in [4.78, 5) is 40.3. The largest absolute Gasteiger partial charge is 0.465 e. The van der Waals surface area contributed by atoms with Gasteiger partial charge in [0.05, 0.1) is 23.7 Å². The third-order valence-corrected chi connectivity index (χ3v) is 3.96. The van der Waals surface area contributed by atoms with Crippen LogP contribution in [0, 0.1) is 5.82 Å². The Morgan fingerprint density at radius 3 is 2.46 bits per heavy atom. The third-order valence-electron chi connectivity index (χ3n) is 3.96. The minimum Gasteiger partial charge on any atom is -0.465 e. The number of Topliss-reactive ketones (excluding diaryl/α,β-unsaturated/α-hetero) is 1. The van der Waals surface area contributed by atoms with Gasteiger partial charge in [-0.1, -0.05) is 18.2 Å². The number of carbonyl (C=O) groups excluding carboxylic acids is 2. The van der Waals surface area contributed by atoms with E-state index in [1.54, 1.807) is 32.0 Å². The van der Waals surface area contributed by atoms with Gasteiger partial charge in [-0.25, -0.2) is 9.18 Å². The summed E-state index contributed by atoms with van der Waals surface area (Å²) in [6.45, 7) is 3.61. The van der Waals surface area contributed by atoms with Crippen molar-refractivity contribution in [1.82, 2.24) is 15.6 Å². The summed E-state index contributed by atoms with van der Waals surface area (Å²) >= 11 is 0. The molecular weight excluding hydrogens is 365 g/mol. The second-order valence-electron chi connectivity index (χ2n) is 6.57. The fourth-order valence-electron chi connectivity index (χ4n) is 2.69. The Hall–Kier alpha value is -3.29. The number of carboxylic acid groups (broad SMARTS) is 1. The molecule has 148 valence electrons. The van der Waals surface area contributed by atoms with Crippen LogP contribution in [0.15, 0.2) is 42.6 Å². The number of pyridine rings is 1. The highest BCUT2D eigenvalue weighted by molar-refractivity contribution is 5.97. The number of ketones is 1. The molecule has 0 aliphatic rings. The van der Waals surface area contributed by atoms with Gasteiger partial charge in [-0.05, 0) is 37.6 Å². The zero-order valence-electron chi connectivity index (χ0n) is 15.6. The lowest BCUT2D eigenvalue weighted by atomic mass is 9.97. The maximum Gasteiger partial charge on any atom is 0.405 e. The summed E-state index contributed by atoms with van der Waals surface area (Å²) in [5.41, 5.74) is 0.689. The van der Waals surface area contributed by atoms with E-state index in [0.717, 1.165) is 0 Å². The van der Waals surface area contributed by atoms with Crippen LogP contribution in [0.5, 0.6) is 0 Å². The molecular formula is C20H22FN3O4. The summed E-state index contributed by atoms with van der Waals surface area (Å²) in [6, 6.07) is 7.70. The quantitative estimate of drug-likeness (QED) is 0.644. The molecule has 7 nitrogen and oxygen atoms in total. The van der Waals surface area contributed by atoms with Crippen LogP contribution in [-0.4, -0.2) is 40.0 Å². The Morgan fingerprint density at radius 1 is 1.11 bits per heavy atom. The van der Waals surface area contributed by atoms with E-state index in [1.165, 1.54) is 24.4 Å². The van der Waals surface area contributed by atoms with Crippen molar-refractivity contribution in [2.45, 2.75) is 38.8 Å². The highest BCUT2D eigenvalue weighted by Gasteiger charge is 2.25. The van der Waals surface area contributed by atoms with Gasteiger partial charge >= 0.3 is 6.09 Å². The number of hydrogen-bond acceptors (Lipinski definition) is 4. The maximum atomic E-state index is 13.9. The van der Waals surface area contributed by atoms with E-state index >= 15 is 0 Å². The average molecular weight is 387 g/mol. The topological polar surface area (TPSA) is 108 Å². The Balaban J connectivity index is 2.23. The molecule has 0 spiro atoms. The molecule has 0 unspecified atom stereocenters. The molecule has 2 aromatic rings. The van der Waals surface area contributed by atoms with E-state index in [4.69, 9.17) is 5.11 Å². The van der Waals surface area contributed by atoms with Gasteiger partial charge in [0.1, 0.15) is 5.82 Å². The zero-order valence-corrected chi connectivity index (χ0v) is 15.6. The van der Waals surface area contributed by atoms with Gasteiger partial charge in [0.15, 0.2) is 5.78 Å². The van der Waals surface area contributed by atoms with Crippen molar-refractivity contribution >= 4 is 17.8 Å². The van der Waals surface area contributed by atoms with Crippen molar-refractivity contribution < 1.29 is 23.9 Å². The summed E-state index contributed by atoms with van der Waals surface area (Å²) in [5, 5.41) is 13.9. The van der Waals surface area contributed by atoms with Gasteiger partial charge < -0.3 is 15.7 Å². The Morgan fingerprint density at radius 2 is 1.82 bits per heavy atom. The van der Waals surface area contributed by atoms with Crippen molar-refractivity contribution in [3.05, 3.63) is 65.2 Å². The average Bonchev–Trinajstić information content (AvgIpc) is 2.62. The number of rotatable bonds is 8. The van der Waals surface area contributed by atoms with Crippen LogP contribution in [0.25, 0.3) is 0 Å². The SMILES string of the molecule is CC(C)NC(=O)c1cccnc1CC(=O)[C@@H](Cc1ccccc1F)NC(=O)O. The van der Waals surface area contributed by atoms with Crippen molar-refractivity contribution in [1.29, 1.82) is 0 Å². The van der Waals surface area contributed by atoms with E-state index in [-0.39, 0.29) is 41.6 Å². The van der Waals surface area contributed by atoms with E-state index < -0.39 is 23.7 Å². The highest BCUT2D eigenvalue weighted by atomic mass is 19.1. The molecule has 0 fully saturated rings. The van der Waals surface area contributed by atoms with Crippen LogP contribution in [0.2, 0.25) is 0 Å². The predicted octanol–water partition coefficient (Wildman–Crippen LogP) is 2.35. The predicted molar refractivity (Wildman–Crippen MR) is 101 cm³/mol. The number of nitrogens with zero attached hydrogens (tertiary/aromatic N) is 1. The third kappa shape index (κ3) is 5.87. The molecule has 1 aromatic heterocycles. The van der Waals surface area contributed by atoms with Crippen LogP contribution in [-0.2, 0) is 17.6 Å². The molecule has 1 aromatic carbocycles. The first kappa shape index (κ1) is 21.0. The number of amides is 2. The van der Waals surface area contributed by atoms with Crippen molar-refractivity contribution in [3.8, 4) is 0 Å². The van der Waals surface area contributed by atoms with E-state index in [1.807, 2.05) is 0 Å². The zero-order chi connectivity index (χ0) is 20.7. The first-order valence-electron chi connectivity index (χ1n) is 8.78. The second-order valence-corrected chi connectivity index (χ2v) is 6.57. The highest BCUT2D eigenvalue weighted by Crippen LogP contribution is 2.13. The first-order chi connectivity index (χ1) is 13.3. The summed E-state index contributed by atoms with van der Waals surface area (Å²) in [7, 11) is 0. The summed E-state index contributed by atoms with van der Waals surface area (Å²) in [5.74, 6) is -1.41. The minimum atomic E-state index is -1.39. The van der Waals surface area contributed by atoms with Crippen molar-refractivity contribution in [2.24, 2.45) is 0 Å². The molecule has 2 rings (SSSR count). The molecule has 3 N–H and O–H groups in total. The Kier molecular flexibility index (Phi) is 7.20. The molecule has 8 heteroatoms. The van der Waals surface area contributed by atoms with Crippen LogP contribution in [0.1, 0.15) is 35.5 Å². The smallest absolute Gasteiger partial charge is 0.405 e. The standard InChI is InChI=1S/C20H22FN3O4/c1-12(2)23-19(26)14-7-5-9-22-16(14)11-18(25)17(24-20(27)28)10-13-6-3-4-8-15(13)21/h3-9,12,17,24H,10-11H2,1-2H3,(H,23,26)(H,27,28)/t17-/m1/s1. The number of nitrogens with one attached hydrogen (secondary N) is 2. The fraction of sp³-hybridized carbons (Fsp3) is 0.300. The van der Waals surface area contributed by atoms with Gasteiger partial charge in [-0.3, -0.25) is 14.6 Å². The number of carbonyl (C=O) groups is 3. The normalized spacial score (nSPS) is 11.7. The van der Waals surface area contributed by atoms with E-state index in [0.29, 0.717) is 0 Å². The molecule has 28 heavy (non-hydrogen) atoms. The maximum absolute atomic E-state index is 13.9. The fourth-order valence-corrected chi connectivity index (χ4v) is 2.69. The molecule has 0 radical (unpaired) electrons. The number of benzene rings is 1. The monoisotopic (exact) mass is 387 g/mol. The number of hydrogen-bond donors (Lipinski definition) is 3. The molecule has 1 atom stereocenters. The van der Waals surface area contributed by atoms with Crippen LogP contribution in [0.4, 0.5) is 9.18 Å². The van der Waals surface area contributed by atoms with Crippen LogP contribution >= 0.6 is 0 Å². The van der Waals surface area contributed by atoms with Gasteiger partial charge in [0.2, 0.25) is 0 Å². The first-order valence-corrected chi connectivity index (χ1v) is 8.78. The lowest BCUT2D eigenvalue weighted by Crippen LogP contribution is -2.43. The Labute approximate surface area is 162 Å². The number of aromatic nitrogens is 1. The van der Waals surface area contributed by atoms with Gasteiger partial charge in [0, 0.05) is 18.7 Å². The van der Waals surface area contributed by atoms with Crippen LogP contribution in [0.3, 0.4) is 0 Å². The van der Waals surface area contributed by atoms with Gasteiger partial charge in [0.25, 0.3) is 5.91 Å². The Bertz CT molecular complexity index is 870. The molecule has 0 aliphatic carbocycles. The van der Waals surface area contributed by atoms with Gasteiger partial charge in [-0.2, -0.15) is 0 Å². The molecule has 1 heterocycles. The van der Waals surface area contributed by atoms with E-state index in [2.05, 4.69) is 15.6 Å². The lowest BCUT2D eigenvalue weighted by Gasteiger charge is -2.17. The second kappa shape index (κ2) is 9.59. The molecule has 0 saturated heterocycles. The van der Waals surface area contributed by atoms with Crippen molar-refractivity contribution in [3.63, 3.8) is 0 Å². The number of halogens is 1. The summed E-state index contributed by atoms with van der Waals surface area (Å²) in [6.07, 6.45) is -0.349. The molecule has 2 amide bonds. The van der Waals surface area contributed by atoms with Crippen LogP contribution < -0.4 is 10.6 Å². The summed E-state index contributed by atoms with van der Waals surface area (Å²) < 4.78 is 13.9. The molecule has 0 aliphatic heterocycles. The minimum absolute atomic E-state index is 0.0984. The van der Waals surface area contributed by atoms with E-state index in [9.17, 15) is 18.8 Å². The van der Waals surface area contributed by atoms with Gasteiger partial charge in [-0.15, -0.1) is 0 Å².